The fourth-order valence-corrected chi connectivity index (χ4v) is 3.62. The predicted octanol–water partition coefficient (Wildman–Crippen LogP) is 4.79. The van der Waals surface area contributed by atoms with Crippen LogP contribution in [0.4, 0.5) is 8.78 Å². The summed E-state index contributed by atoms with van der Waals surface area (Å²) in [5, 5.41) is 0. The third kappa shape index (κ3) is 6.21. The van der Waals surface area contributed by atoms with E-state index in [9.17, 15) is 8.78 Å². The maximum atomic E-state index is 12.4. The lowest BCUT2D eigenvalue weighted by molar-refractivity contribution is -0.0498. The Kier molecular flexibility index (Phi) is 7.04. The Hall–Kier alpha value is -2.14. The SMILES string of the molecule is CN1CCCC(COc2ccccc2CCc2cccc(OC(F)F)c2)C1. The molecule has 1 heterocycles. The molecule has 0 spiro atoms. The molecule has 146 valence electrons. The minimum atomic E-state index is -2.80. The van der Waals surface area contributed by atoms with Gasteiger partial charge in [-0.2, -0.15) is 8.78 Å². The van der Waals surface area contributed by atoms with E-state index in [0.29, 0.717) is 5.92 Å². The van der Waals surface area contributed by atoms with Crippen molar-refractivity contribution in [3.05, 3.63) is 59.7 Å². The Morgan fingerprint density at radius 1 is 1.11 bits per heavy atom. The van der Waals surface area contributed by atoms with Crippen LogP contribution in [-0.2, 0) is 12.8 Å². The molecule has 1 aliphatic rings. The van der Waals surface area contributed by atoms with Crippen LogP contribution in [0.15, 0.2) is 48.5 Å². The quantitative estimate of drug-likeness (QED) is 0.662. The third-order valence-corrected chi connectivity index (χ3v) is 4.98. The number of ether oxygens (including phenoxy) is 2. The highest BCUT2D eigenvalue weighted by molar-refractivity contribution is 5.35. The Morgan fingerprint density at radius 3 is 2.78 bits per heavy atom. The summed E-state index contributed by atoms with van der Waals surface area (Å²) in [4.78, 5) is 2.36. The highest BCUT2D eigenvalue weighted by atomic mass is 19.3. The smallest absolute Gasteiger partial charge is 0.387 e. The number of rotatable bonds is 8. The van der Waals surface area contributed by atoms with Gasteiger partial charge in [-0.25, -0.2) is 0 Å². The van der Waals surface area contributed by atoms with Gasteiger partial charge in [0.2, 0.25) is 0 Å². The molecule has 3 rings (SSSR count). The number of para-hydroxylation sites is 1. The minimum absolute atomic E-state index is 0.202. The van der Waals surface area contributed by atoms with Crippen molar-refractivity contribution in [2.45, 2.75) is 32.3 Å². The molecule has 0 N–H and O–H groups in total. The Morgan fingerprint density at radius 2 is 1.96 bits per heavy atom. The monoisotopic (exact) mass is 375 g/mol. The van der Waals surface area contributed by atoms with Gasteiger partial charge in [-0.15, -0.1) is 0 Å². The van der Waals surface area contributed by atoms with Crippen LogP contribution in [0, 0.1) is 5.92 Å². The van der Waals surface area contributed by atoms with Crippen LogP contribution in [0.2, 0.25) is 0 Å². The Balaban J connectivity index is 1.57. The lowest BCUT2D eigenvalue weighted by Crippen LogP contribution is -2.34. The first-order valence-electron chi connectivity index (χ1n) is 9.53. The molecule has 3 nitrogen and oxygen atoms in total. The van der Waals surface area contributed by atoms with E-state index in [0.717, 1.165) is 42.9 Å². The van der Waals surface area contributed by atoms with Gasteiger partial charge in [0.15, 0.2) is 0 Å². The van der Waals surface area contributed by atoms with E-state index in [1.807, 2.05) is 24.3 Å². The van der Waals surface area contributed by atoms with Gasteiger partial charge in [-0.05, 0) is 68.6 Å². The molecule has 1 atom stereocenters. The van der Waals surface area contributed by atoms with E-state index in [1.54, 1.807) is 18.2 Å². The van der Waals surface area contributed by atoms with Crippen molar-refractivity contribution in [2.24, 2.45) is 5.92 Å². The second-order valence-electron chi connectivity index (χ2n) is 7.22. The standard InChI is InChI=1S/C22H27F2NO2/c1-25-13-5-7-18(15-25)16-26-21-10-3-2-8-19(21)12-11-17-6-4-9-20(14-17)27-22(23)24/h2-4,6,8-10,14,18,22H,5,7,11-13,15-16H2,1H3. The van der Waals surface area contributed by atoms with Crippen LogP contribution in [0.1, 0.15) is 24.0 Å². The zero-order valence-electron chi connectivity index (χ0n) is 15.7. The van der Waals surface area contributed by atoms with Gasteiger partial charge in [0.05, 0.1) is 6.61 Å². The first-order chi connectivity index (χ1) is 13.1. The molecular weight excluding hydrogens is 348 g/mol. The lowest BCUT2D eigenvalue weighted by Gasteiger charge is -2.29. The zero-order chi connectivity index (χ0) is 19.1. The van der Waals surface area contributed by atoms with E-state index in [4.69, 9.17) is 4.74 Å². The van der Waals surface area contributed by atoms with E-state index >= 15 is 0 Å². The average molecular weight is 375 g/mol. The molecular formula is C22H27F2NO2. The molecule has 0 amide bonds. The molecule has 2 aromatic carbocycles. The predicted molar refractivity (Wildman–Crippen MR) is 103 cm³/mol. The summed E-state index contributed by atoms with van der Waals surface area (Å²) in [6.45, 7) is 0.188. The van der Waals surface area contributed by atoms with Crippen molar-refractivity contribution < 1.29 is 18.3 Å². The number of hydrogen-bond donors (Lipinski definition) is 0. The number of halogens is 2. The van der Waals surface area contributed by atoms with Crippen molar-refractivity contribution in [2.75, 3.05) is 26.7 Å². The van der Waals surface area contributed by atoms with Gasteiger partial charge in [-0.3, -0.25) is 0 Å². The molecule has 1 aliphatic heterocycles. The zero-order valence-corrected chi connectivity index (χ0v) is 15.7. The van der Waals surface area contributed by atoms with Gasteiger partial charge in [0.25, 0.3) is 0 Å². The first kappa shape index (κ1) is 19.6. The first-order valence-corrected chi connectivity index (χ1v) is 9.53. The van der Waals surface area contributed by atoms with E-state index < -0.39 is 6.61 Å². The maximum Gasteiger partial charge on any atom is 0.387 e. The van der Waals surface area contributed by atoms with Gasteiger partial charge >= 0.3 is 6.61 Å². The normalized spacial score (nSPS) is 17.9. The van der Waals surface area contributed by atoms with Crippen molar-refractivity contribution in [3.8, 4) is 11.5 Å². The summed E-state index contributed by atoms with van der Waals surface area (Å²) >= 11 is 0. The number of aryl methyl sites for hydroxylation is 2. The molecule has 5 heteroatoms. The molecule has 2 aromatic rings. The number of alkyl halides is 2. The lowest BCUT2D eigenvalue weighted by atomic mass is 9.99. The summed E-state index contributed by atoms with van der Waals surface area (Å²) < 4.78 is 35.4. The van der Waals surface area contributed by atoms with Crippen molar-refractivity contribution >= 4 is 0 Å². The Bertz CT molecular complexity index is 723. The van der Waals surface area contributed by atoms with Gasteiger partial charge in [0, 0.05) is 12.5 Å². The number of hydrogen-bond acceptors (Lipinski definition) is 3. The topological polar surface area (TPSA) is 21.7 Å². The molecule has 27 heavy (non-hydrogen) atoms. The van der Waals surface area contributed by atoms with E-state index in [1.165, 1.54) is 19.4 Å². The van der Waals surface area contributed by atoms with Gasteiger partial charge in [-0.1, -0.05) is 30.3 Å². The summed E-state index contributed by atoms with van der Waals surface area (Å²) in [5.74, 6) is 1.69. The molecule has 1 fully saturated rings. The van der Waals surface area contributed by atoms with Crippen molar-refractivity contribution in [1.82, 2.24) is 4.90 Å². The highest BCUT2D eigenvalue weighted by Crippen LogP contribution is 2.24. The molecule has 1 saturated heterocycles. The third-order valence-electron chi connectivity index (χ3n) is 4.98. The number of nitrogens with zero attached hydrogens (tertiary/aromatic N) is 1. The average Bonchev–Trinajstić information content (AvgIpc) is 2.65. The van der Waals surface area contributed by atoms with Crippen LogP contribution in [0.25, 0.3) is 0 Å². The fourth-order valence-electron chi connectivity index (χ4n) is 3.62. The molecule has 0 aromatic heterocycles. The summed E-state index contributed by atoms with van der Waals surface area (Å²) in [5.41, 5.74) is 2.11. The Labute approximate surface area is 159 Å². The van der Waals surface area contributed by atoms with Crippen LogP contribution >= 0.6 is 0 Å². The van der Waals surface area contributed by atoms with Crippen LogP contribution in [0.3, 0.4) is 0 Å². The van der Waals surface area contributed by atoms with Gasteiger partial charge in [0.1, 0.15) is 11.5 Å². The summed E-state index contributed by atoms with van der Waals surface area (Å²) in [6, 6.07) is 15.0. The largest absolute Gasteiger partial charge is 0.493 e. The molecule has 1 unspecified atom stereocenters. The van der Waals surface area contributed by atoms with Crippen molar-refractivity contribution in [3.63, 3.8) is 0 Å². The molecule has 0 aliphatic carbocycles. The number of piperidine rings is 1. The fraction of sp³-hybridized carbons (Fsp3) is 0.455. The summed E-state index contributed by atoms with van der Waals surface area (Å²) in [7, 11) is 2.16. The van der Waals surface area contributed by atoms with Crippen LogP contribution < -0.4 is 9.47 Å². The number of likely N-dealkylation sites (tertiary alicyclic amines) is 1. The highest BCUT2D eigenvalue weighted by Gasteiger charge is 2.18. The summed E-state index contributed by atoms with van der Waals surface area (Å²) in [6.07, 6.45) is 3.97. The number of benzene rings is 2. The van der Waals surface area contributed by atoms with Crippen LogP contribution in [0.5, 0.6) is 11.5 Å². The van der Waals surface area contributed by atoms with Crippen molar-refractivity contribution in [1.29, 1.82) is 0 Å². The minimum Gasteiger partial charge on any atom is -0.493 e. The second-order valence-corrected chi connectivity index (χ2v) is 7.22. The van der Waals surface area contributed by atoms with E-state index in [2.05, 4.69) is 22.8 Å². The van der Waals surface area contributed by atoms with Gasteiger partial charge < -0.3 is 14.4 Å². The maximum absolute atomic E-state index is 12.4. The van der Waals surface area contributed by atoms with E-state index in [-0.39, 0.29) is 5.75 Å². The molecule has 0 bridgehead atoms. The van der Waals surface area contributed by atoms with Crippen LogP contribution in [-0.4, -0.2) is 38.3 Å². The molecule has 0 saturated carbocycles. The molecule has 0 radical (unpaired) electrons. The second kappa shape index (κ2) is 9.70.